The van der Waals surface area contributed by atoms with Crippen molar-refractivity contribution in [3.63, 3.8) is 0 Å². The number of nitrogens with one attached hydrogen (secondary N) is 1. The highest BCUT2D eigenvalue weighted by Crippen LogP contribution is 2.44. The average Bonchev–Trinajstić information content (AvgIpc) is 2.52. The van der Waals surface area contributed by atoms with Crippen LogP contribution in [-0.4, -0.2) is 11.4 Å². The van der Waals surface area contributed by atoms with Crippen molar-refractivity contribution in [1.29, 1.82) is 0 Å². The number of rotatable bonds is 3. The minimum Gasteiger partial charge on any atom is -0.365 e. The summed E-state index contributed by atoms with van der Waals surface area (Å²) in [6, 6.07) is 10.6. The smallest absolute Gasteiger partial charge is 0.217 e. The quantitative estimate of drug-likeness (QED) is 0.805. The Morgan fingerprint density at radius 2 is 1.73 bits per heavy atom. The molecule has 0 spiro atoms. The van der Waals surface area contributed by atoms with Gasteiger partial charge in [0, 0.05) is 36.4 Å². The third-order valence-electron chi connectivity index (χ3n) is 4.56. The van der Waals surface area contributed by atoms with Gasteiger partial charge in [0.15, 0.2) is 0 Å². The van der Waals surface area contributed by atoms with Crippen LogP contribution in [-0.2, 0) is 9.53 Å². The number of halogens is 3. The van der Waals surface area contributed by atoms with Gasteiger partial charge < -0.3 is 10.1 Å². The largest absolute Gasteiger partial charge is 0.365 e. The lowest BCUT2D eigenvalue weighted by molar-refractivity contribution is -0.126. The summed E-state index contributed by atoms with van der Waals surface area (Å²) in [4.78, 5) is 11.7. The maximum absolute atomic E-state index is 13.7. The summed E-state index contributed by atoms with van der Waals surface area (Å²) >= 11 is 6.09. The molecule has 0 saturated carbocycles. The van der Waals surface area contributed by atoms with Gasteiger partial charge in [0.05, 0.1) is 12.2 Å². The first-order valence-corrected chi connectivity index (χ1v) is 8.77. The number of amides is 1. The van der Waals surface area contributed by atoms with Gasteiger partial charge >= 0.3 is 0 Å². The van der Waals surface area contributed by atoms with E-state index in [0.29, 0.717) is 23.4 Å². The third kappa shape index (κ3) is 4.40. The molecule has 1 N–H and O–H groups in total. The fourth-order valence-electron chi connectivity index (χ4n) is 3.58. The summed E-state index contributed by atoms with van der Waals surface area (Å²) in [5.41, 5.74) is 0.686. The zero-order valence-corrected chi connectivity index (χ0v) is 15.3. The normalized spacial score (nSPS) is 25.7. The van der Waals surface area contributed by atoms with E-state index in [1.807, 2.05) is 19.1 Å². The molecule has 1 aliphatic heterocycles. The molecule has 1 heterocycles. The number of carbonyl (C=O) groups is 1. The van der Waals surface area contributed by atoms with E-state index in [9.17, 15) is 13.6 Å². The molecule has 2 aromatic carbocycles. The topological polar surface area (TPSA) is 38.3 Å². The van der Waals surface area contributed by atoms with Crippen molar-refractivity contribution < 1.29 is 18.3 Å². The van der Waals surface area contributed by atoms with Gasteiger partial charge in [-0.25, -0.2) is 8.78 Å². The molecule has 0 aliphatic carbocycles. The van der Waals surface area contributed by atoms with Crippen molar-refractivity contribution in [3.05, 3.63) is 70.2 Å². The van der Waals surface area contributed by atoms with Crippen LogP contribution >= 0.6 is 11.6 Å². The lowest BCUT2D eigenvalue weighted by Crippen LogP contribution is -2.50. The molecular weight excluding hydrogens is 360 g/mol. The first-order valence-electron chi connectivity index (χ1n) is 8.40. The second-order valence-corrected chi connectivity index (χ2v) is 7.46. The van der Waals surface area contributed by atoms with Gasteiger partial charge in [0.25, 0.3) is 0 Å². The van der Waals surface area contributed by atoms with Crippen molar-refractivity contribution in [1.82, 2.24) is 5.32 Å². The van der Waals surface area contributed by atoms with Gasteiger partial charge in [-0.3, -0.25) is 4.79 Å². The van der Waals surface area contributed by atoms with Gasteiger partial charge in [0.1, 0.15) is 11.6 Å². The van der Waals surface area contributed by atoms with Crippen LogP contribution < -0.4 is 5.32 Å². The molecule has 1 amide bonds. The second kappa shape index (κ2) is 7.33. The van der Waals surface area contributed by atoms with E-state index in [1.54, 1.807) is 12.1 Å². The van der Waals surface area contributed by atoms with Crippen LogP contribution in [0.15, 0.2) is 42.5 Å². The number of ether oxygens (including phenoxy) is 1. The lowest BCUT2D eigenvalue weighted by atomic mass is 9.81. The molecule has 0 unspecified atom stereocenters. The van der Waals surface area contributed by atoms with Crippen LogP contribution in [0.3, 0.4) is 0 Å². The molecule has 0 radical (unpaired) electrons. The van der Waals surface area contributed by atoms with Crippen LogP contribution in [0.5, 0.6) is 0 Å². The molecule has 3 rings (SSSR count). The Hall–Kier alpha value is -1.98. The van der Waals surface area contributed by atoms with Gasteiger partial charge in [-0.05, 0) is 42.3 Å². The van der Waals surface area contributed by atoms with Crippen LogP contribution in [0.4, 0.5) is 8.78 Å². The molecule has 1 saturated heterocycles. The fraction of sp³-hybridized carbons (Fsp3) is 0.350. The standard InChI is InChI=1S/C20H20ClF2NO2/c1-12(25)24-20(2)10-18(13-4-3-5-15(21)6-13)26-19(11-20)14-7-16(22)9-17(23)8-14/h3-9,18-19H,10-11H2,1-2H3,(H,24,25)/t18-,19+,20-/m0/s1. The number of hydrogen-bond donors (Lipinski definition) is 1. The first-order chi connectivity index (χ1) is 12.2. The molecule has 138 valence electrons. The molecular formula is C20H20ClF2NO2. The van der Waals surface area contributed by atoms with E-state index < -0.39 is 23.3 Å². The molecule has 3 nitrogen and oxygen atoms in total. The number of carbonyl (C=O) groups excluding carboxylic acids is 1. The summed E-state index contributed by atoms with van der Waals surface area (Å²) in [5.74, 6) is -1.48. The Bertz CT molecular complexity index is 809. The predicted molar refractivity (Wildman–Crippen MR) is 95.8 cm³/mol. The predicted octanol–water partition coefficient (Wildman–Crippen LogP) is 5.11. The van der Waals surface area contributed by atoms with Crippen molar-refractivity contribution in [2.24, 2.45) is 0 Å². The maximum Gasteiger partial charge on any atom is 0.217 e. The van der Waals surface area contributed by atoms with Gasteiger partial charge in [-0.2, -0.15) is 0 Å². The summed E-state index contributed by atoms with van der Waals surface area (Å²) in [5, 5.41) is 3.54. The SMILES string of the molecule is CC(=O)N[C@@]1(C)C[C@@H](c2cccc(Cl)c2)O[C@@H](c2cc(F)cc(F)c2)C1. The van der Waals surface area contributed by atoms with Gasteiger partial charge in [0.2, 0.25) is 5.91 Å². The summed E-state index contributed by atoms with van der Waals surface area (Å²) in [7, 11) is 0. The molecule has 26 heavy (non-hydrogen) atoms. The lowest BCUT2D eigenvalue weighted by Gasteiger charge is -2.43. The van der Waals surface area contributed by atoms with Crippen LogP contribution in [0, 0.1) is 11.6 Å². The van der Waals surface area contributed by atoms with Gasteiger partial charge in [-0.15, -0.1) is 0 Å². The van der Waals surface area contributed by atoms with Crippen molar-refractivity contribution >= 4 is 17.5 Å². The third-order valence-corrected chi connectivity index (χ3v) is 4.79. The highest BCUT2D eigenvalue weighted by molar-refractivity contribution is 6.30. The monoisotopic (exact) mass is 379 g/mol. The second-order valence-electron chi connectivity index (χ2n) is 7.02. The minimum atomic E-state index is -0.658. The molecule has 2 aromatic rings. The minimum absolute atomic E-state index is 0.164. The Morgan fingerprint density at radius 3 is 2.31 bits per heavy atom. The molecule has 0 aromatic heterocycles. The summed E-state index contributed by atoms with van der Waals surface area (Å²) < 4.78 is 33.5. The highest BCUT2D eigenvalue weighted by atomic mass is 35.5. The van der Waals surface area contributed by atoms with E-state index in [4.69, 9.17) is 16.3 Å². The average molecular weight is 380 g/mol. The van der Waals surface area contributed by atoms with Crippen LogP contribution in [0.2, 0.25) is 5.02 Å². The van der Waals surface area contributed by atoms with Crippen molar-refractivity contribution in [2.75, 3.05) is 0 Å². The van der Waals surface area contributed by atoms with Crippen LogP contribution in [0.25, 0.3) is 0 Å². The van der Waals surface area contributed by atoms with E-state index in [2.05, 4.69) is 5.32 Å². The van der Waals surface area contributed by atoms with E-state index in [0.717, 1.165) is 11.6 Å². The zero-order valence-electron chi connectivity index (χ0n) is 14.6. The summed E-state index contributed by atoms with van der Waals surface area (Å²) in [6.07, 6.45) is 0.0127. The van der Waals surface area contributed by atoms with Gasteiger partial charge in [-0.1, -0.05) is 23.7 Å². The Labute approximate surface area is 156 Å². The fourth-order valence-corrected chi connectivity index (χ4v) is 3.78. The van der Waals surface area contributed by atoms with Crippen molar-refractivity contribution in [3.8, 4) is 0 Å². The number of hydrogen-bond acceptors (Lipinski definition) is 2. The maximum atomic E-state index is 13.7. The Kier molecular flexibility index (Phi) is 5.30. The molecule has 0 bridgehead atoms. The first kappa shape index (κ1) is 18.8. The van der Waals surface area contributed by atoms with E-state index in [-0.39, 0.29) is 12.0 Å². The molecule has 6 heteroatoms. The van der Waals surface area contributed by atoms with E-state index >= 15 is 0 Å². The zero-order chi connectivity index (χ0) is 18.9. The Morgan fingerprint density at radius 1 is 1.12 bits per heavy atom. The molecule has 1 fully saturated rings. The highest BCUT2D eigenvalue weighted by Gasteiger charge is 2.40. The van der Waals surface area contributed by atoms with E-state index in [1.165, 1.54) is 19.1 Å². The van der Waals surface area contributed by atoms with Crippen molar-refractivity contribution in [2.45, 2.75) is 44.4 Å². The molecule has 3 atom stereocenters. The molecule has 1 aliphatic rings. The summed E-state index contributed by atoms with van der Waals surface area (Å²) in [6.45, 7) is 3.36. The number of benzene rings is 2. The Balaban J connectivity index is 1.97. The van der Waals surface area contributed by atoms with Crippen LogP contribution in [0.1, 0.15) is 50.0 Å².